The molecule has 0 radical (unpaired) electrons. The van der Waals surface area contributed by atoms with E-state index in [0.717, 1.165) is 18.1 Å². The Bertz CT molecular complexity index is 271. The molecule has 0 spiro atoms. The predicted molar refractivity (Wildman–Crippen MR) is 53.4 cm³/mol. The monoisotopic (exact) mass is 179 g/mol. The molecule has 0 bridgehead atoms. The Hall–Kier alpha value is -0.960. The normalized spacial score (nSPS) is 11.2. The summed E-state index contributed by atoms with van der Waals surface area (Å²) in [6.07, 6.45) is 1.81. The molecule has 0 unspecified atom stereocenters. The smallest absolute Gasteiger partial charge is 0.125 e. The lowest BCUT2D eigenvalue weighted by Crippen LogP contribution is -2.26. The third kappa shape index (κ3) is 3.11. The molecule has 0 saturated heterocycles. The number of rotatable bonds is 3. The van der Waals surface area contributed by atoms with Crippen LogP contribution in [0.1, 0.15) is 25.4 Å². The Balaban J connectivity index is 2.64. The number of aromatic nitrogens is 2. The fourth-order valence-corrected chi connectivity index (χ4v) is 1.03. The van der Waals surface area contributed by atoms with Crippen LogP contribution in [0.5, 0.6) is 0 Å². The first-order valence-electron chi connectivity index (χ1n) is 4.58. The first-order chi connectivity index (χ1) is 6.09. The van der Waals surface area contributed by atoms with Crippen LogP contribution in [0.15, 0.2) is 12.3 Å². The van der Waals surface area contributed by atoms with Gasteiger partial charge in [-0.05, 0) is 33.9 Å². The van der Waals surface area contributed by atoms with Crippen LogP contribution in [0.25, 0.3) is 0 Å². The maximum Gasteiger partial charge on any atom is 0.125 e. The molecule has 1 aromatic rings. The molecule has 72 valence electrons. The fourth-order valence-electron chi connectivity index (χ4n) is 1.03. The summed E-state index contributed by atoms with van der Waals surface area (Å²) in [4.78, 5) is 10.7. The third-order valence-electron chi connectivity index (χ3n) is 2.13. The molecular weight excluding hydrogens is 162 g/mol. The lowest BCUT2D eigenvalue weighted by Gasteiger charge is -2.20. The summed E-state index contributed by atoms with van der Waals surface area (Å²) in [6, 6.07) is 2.52. The topological polar surface area (TPSA) is 29.0 Å². The zero-order valence-electron chi connectivity index (χ0n) is 8.78. The first kappa shape index (κ1) is 10.1. The summed E-state index contributed by atoms with van der Waals surface area (Å²) in [5.74, 6) is 0.842. The van der Waals surface area contributed by atoms with Crippen LogP contribution in [-0.4, -0.2) is 28.0 Å². The lowest BCUT2D eigenvalue weighted by molar-refractivity contribution is 0.262. The Morgan fingerprint density at radius 1 is 1.46 bits per heavy atom. The van der Waals surface area contributed by atoms with Gasteiger partial charge in [-0.25, -0.2) is 9.97 Å². The van der Waals surface area contributed by atoms with Crippen LogP contribution in [0.2, 0.25) is 0 Å². The van der Waals surface area contributed by atoms with E-state index < -0.39 is 0 Å². The van der Waals surface area contributed by atoms with E-state index in [1.807, 2.05) is 19.2 Å². The van der Waals surface area contributed by atoms with Gasteiger partial charge in [-0.2, -0.15) is 0 Å². The van der Waals surface area contributed by atoms with E-state index in [1.54, 1.807) is 0 Å². The highest BCUT2D eigenvalue weighted by atomic mass is 15.1. The molecule has 1 aromatic heterocycles. The molecule has 0 saturated carbocycles. The second-order valence-electron chi connectivity index (χ2n) is 3.60. The van der Waals surface area contributed by atoms with Crippen molar-refractivity contribution in [2.24, 2.45) is 0 Å². The van der Waals surface area contributed by atoms with Gasteiger partial charge >= 0.3 is 0 Å². The van der Waals surface area contributed by atoms with Gasteiger partial charge in [0.25, 0.3) is 0 Å². The van der Waals surface area contributed by atoms with E-state index in [0.29, 0.717) is 6.04 Å². The van der Waals surface area contributed by atoms with E-state index in [9.17, 15) is 0 Å². The Labute approximate surface area is 79.8 Å². The minimum Gasteiger partial charge on any atom is -0.298 e. The molecule has 0 aliphatic carbocycles. The number of hydrogen-bond acceptors (Lipinski definition) is 3. The second-order valence-corrected chi connectivity index (χ2v) is 3.60. The van der Waals surface area contributed by atoms with Crippen molar-refractivity contribution >= 4 is 0 Å². The molecule has 0 atom stereocenters. The number of nitrogens with zero attached hydrogens (tertiary/aromatic N) is 3. The van der Waals surface area contributed by atoms with Crippen molar-refractivity contribution in [1.82, 2.24) is 14.9 Å². The zero-order chi connectivity index (χ0) is 9.84. The number of hydrogen-bond donors (Lipinski definition) is 0. The van der Waals surface area contributed by atoms with Crippen LogP contribution in [-0.2, 0) is 6.54 Å². The molecule has 3 heteroatoms. The maximum absolute atomic E-state index is 4.34. The van der Waals surface area contributed by atoms with Gasteiger partial charge in [-0.15, -0.1) is 0 Å². The van der Waals surface area contributed by atoms with Crippen molar-refractivity contribution in [3.63, 3.8) is 0 Å². The van der Waals surface area contributed by atoms with Crippen molar-refractivity contribution in [2.45, 2.75) is 33.4 Å². The lowest BCUT2D eigenvalue weighted by atomic mass is 10.3. The second kappa shape index (κ2) is 4.33. The quantitative estimate of drug-likeness (QED) is 0.706. The van der Waals surface area contributed by atoms with Crippen molar-refractivity contribution in [3.8, 4) is 0 Å². The molecule has 0 aromatic carbocycles. The molecule has 0 fully saturated rings. The molecule has 13 heavy (non-hydrogen) atoms. The maximum atomic E-state index is 4.34. The SMILES string of the molecule is Cc1nccc(CN(C)C(C)C)n1. The van der Waals surface area contributed by atoms with Crippen LogP contribution in [0, 0.1) is 6.92 Å². The largest absolute Gasteiger partial charge is 0.298 e. The highest BCUT2D eigenvalue weighted by Gasteiger charge is 2.04. The fraction of sp³-hybridized carbons (Fsp3) is 0.600. The van der Waals surface area contributed by atoms with Crippen LogP contribution < -0.4 is 0 Å². The summed E-state index contributed by atoms with van der Waals surface area (Å²) in [5, 5.41) is 0. The molecule has 1 rings (SSSR count). The summed E-state index contributed by atoms with van der Waals surface area (Å²) < 4.78 is 0. The van der Waals surface area contributed by atoms with Gasteiger partial charge < -0.3 is 0 Å². The predicted octanol–water partition coefficient (Wildman–Crippen LogP) is 1.63. The van der Waals surface area contributed by atoms with E-state index in [2.05, 4.69) is 35.8 Å². The van der Waals surface area contributed by atoms with Crippen LogP contribution in [0.4, 0.5) is 0 Å². The average Bonchev–Trinajstić information content (AvgIpc) is 2.04. The Kier molecular flexibility index (Phi) is 3.37. The molecule has 0 aliphatic rings. The van der Waals surface area contributed by atoms with Gasteiger partial charge in [0.15, 0.2) is 0 Å². The highest BCUT2D eigenvalue weighted by Crippen LogP contribution is 2.02. The van der Waals surface area contributed by atoms with Crippen molar-refractivity contribution in [3.05, 3.63) is 23.8 Å². The Morgan fingerprint density at radius 2 is 2.15 bits per heavy atom. The molecular formula is C10H17N3. The summed E-state index contributed by atoms with van der Waals surface area (Å²) in [6.45, 7) is 7.15. The molecule has 0 N–H and O–H groups in total. The summed E-state index contributed by atoms with van der Waals surface area (Å²) in [7, 11) is 2.10. The molecule has 0 amide bonds. The van der Waals surface area contributed by atoms with Crippen LogP contribution >= 0.6 is 0 Å². The molecule has 3 nitrogen and oxygen atoms in total. The van der Waals surface area contributed by atoms with Gasteiger partial charge in [0.2, 0.25) is 0 Å². The summed E-state index contributed by atoms with van der Waals surface area (Å²) in [5.41, 5.74) is 1.09. The number of aryl methyl sites for hydroxylation is 1. The van der Waals surface area contributed by atoms with Crippen LogP contribution in [0.3, 0.4) is 0 Å². The molecule has 1 heterocycles. The third-order valence-corrected chi connectivity index (χ3v) is 2.13. The van der Waals surface area contributed by atoms with E-state index in [1.165, 1.54) is 0 Å². The van der Waals surface area contributed by atoms with Crippen molar-refractivity contribution < 1.29 is 0 Å². The van der Waals surface area contributed by atoms with Crippen molar-refractivity contribution in [2.75, 3.05) is 7.05 Å². The first-order valence-corrected chi connectivity index (χ1v) is 4.58. The average molecular weight is 179 g/mol. The Morgan fingerprint density at radius 3 is 2.69 bits per heavy atom. The van der Waals surface area contributed by atoms with Gasteiger partial charge in [-0.1, -0.05) is 0 Å². The van der Waals surface area contributed by atoms with Gasteiger partial charge in [0.05, 0.1) is 5.69 Å². The zero-order valence-corrected chi connectivity index (χ0v) is 8.78. The van der Waals surface area contributed by atoms with Crippen molar-refractivity contribution in [1.29, 1.82) is 0 Å². The van der Waals surface area contributed by atoms with Gasteiger partial charge in [0.1, 0.15) is 5.82 Å². The van der Waals surface area contributed by atoms with E-state index >= 15 is 0 Å². The van der Waals surface area contributed by atoms with E-state index in [-0.39, 0.29) is 0 Å². The molecule has 0 aliphatic heterocycles. The van der Waals surface area contributed by atoms with Gasteiger partial charge in [0, 0.05) is 18.8 Å². The summed E-state index contributed by atoms with van der Waals surface area (Å²) >= 11 is 0. The standard InChI is InChI=1S/C10H17N3/c1-8(2)13(4)7-10-5-6-11-9(3)12-10/h5-6,8H,7H2,1-4H3. The highest BCUT2D eigenvalue weighted by molar-refractivity contribution is 5.01. The minimum atomic E-state index is 0.551. The van der Waals surface area contributed by atoms with Gasteiger partial charge in [-0.3, -0.25) is 4.90 Å². The van der Waals surface area contributed by atoms with E-state index in [4.69, 9.17) is 0 Å². The minimum absolute atomic E-state index is 0.551.